The Kier molecular flexibility index (Phi) is 2.79. The number of rotatable bonds is 0. The number of hydrogen-bond donors (Lipinski definition) is 1. The number of H-pyrrole nitrogens is 1. The first-order valence-corrected chi connectivity index (χ1v) is 6.25. The normalized spacial score (nSPS) is 12.7. The fourth-order valence-electron chi connectivity index (χ4n) is 2.90. The van der Waals surface area contributed by atoms with Crippen molar-refractivity contribution in [3.05, 3.63) is 47.3 Å². The van der Waals surface area contributed by atoms with Crippen LogP contribution in [-0.2, 0) is 12.8 Å². The highest BCUT2D eigenvalue weighted by Gasteiger charge is 2.21. The van der Waals surface area contributed by atoms with E-state index in [1.165, 1.54) is 27.8 Å². The number of nitrogens with zero attached hydrogens (tertiary/aromatic N) is 2. The molecule has 1 aliphatic rings. The van der Waals surface area contributed by atoms with E-state index in [2.05, 4.69) is 35.3 Å². The largest absolute Gasteiger partial charge is 0.282 e. The zero-order chi connectivity index (χ0) is 12.1. The van der Waals surface area contributed by atoms with Gasteiger partial charge >= 0.3 is 0 Å². The summed E-state index contributed by atoms with van der Waals surface area (Å²) in [4.78, 5) is 4.83. The van der Waals surface area contributed by atoms with E-state index in [0.717, 1.165) is 24.1 Å². The maximum absolute atomic E-state index is 4.83. The van der Waals surface area contributed by atoms with Crippen molar-refractivity contribution >= 4 is 23.3 Å². The van der Waals surface area contributed by atoms with Gasteiger partial charge in [-0.05, 0) is 37.0 Å². The van der Waals surface area contributed by atoms with Crippen LogP contribution >= 0.6 is 12.4 Å². The molecule has 3 aromatic rings. The molecule has 1 N–H and O–H groups in total. The SMILES string of the molecule is Cc1c2c(nc3ccccc13)-c1cn[nH]c1CC2.Cl. The number of para-hydroxylation sites is 1. The molecule has 4 rings (SSSR count). The van der Waals surface area contributed by atoms with Gasteiger partial charge in [0.2, 0.25) is 0 Å². The molecule has 0 atom stereocenters. The minimum absolute atomic E-state index is 0. The Bertz CT molecular complexity index is 761. The first kappa shape index (κ1) is 12.2. The van der Waals surface area contributed by atoms with Crippen LogP contribution in [0, 0.1) is 6.92 Å². The molecule has 0 amide bonds. The van der Waals surface area contributed by atoms with Crippen LogP contribution in [-0.4, -0.2) is 15.2 Å². The van der Waals surface area contributed by atoms with E-state index >= 15 is 0 Å². The highest BCUT2D eigenvalue weighted by molar-refractivity contribution is 5.87. The van der Waals surface area contributed by atoms with E-state index in [-0.39, 0.29) is 12.4 Å². The molecule has 4 heteroatoms. The van der Waals surface area contributed by atoms with Gasteiger partial charge in [0.05, 0.1) is 17.4 Å². The van der Waals surface area contributed by atoms with Crippen LogP contribution in [0.4, 0.5) is 0 Å². The molecule has 2 heterocycles. The molecule has 1 aromatic carbocycles. The second-order valence-corrected chi connectivity index (χ2v) is 4.84. The number of fused-ring (bicyclic) bond motifs is 4. The molecule has 0 radical (unpaired) electrons. The van der Waals surface area contributed by atoms with Crippen molar-refractivity contribution in [1.29, 1.82) is 0 Å². The van der Waals surface area contributed by atoms with Crippen LogP contribution in [0.1, 0.15) is 16.8 Å². The Morgan fingerprint density at radius 2 is 2.00 bits per heavy atom. The van der Waals surface area contributed by atoms with E-state index in [9.17, 15) is 0 Å². The average Bonchev–Trinajstić information content (AvgIpc) is 2.88. The topological polar surface area (TPSA) is 41.6 Å². The van der Waals surface area contributed by atoms with E-state index in [1.54, 1.807) is 0 Å². The van der Waals surface area contributed by atoms with Gasteiger partial charge in [0.25, 0.3) is 0 Å². The molecule has 3 nitrogen and oxygen atoms in total. The third-order valence-corrected chi connectivity index (χ3v) is 3.88. The van der Waals surface area contributed by atoms with Gasteiger partial charge in [0, 0.05) is 16.6 Å². The molecule has 19 heavy (non-hydrogen) atoms. The minimum atomic E-state index is 0. The lowest BCUT2D eigenvalue weighted by Gasteiger charge is -2.18. The number of hydrogen-bond acceptors (Lipinski definition) is 2. The van der Waals surface area contributed by atoms with Gasteiger partial charge in [0.15, 0.2) is 0 Å². The molecule has 0 unspecified atom stereocenters. The van der Waals surface area contributed by atoms with Crippen molar-refractivity contribution in [3.8, 4) is 11.3 Å². The zero-order valence-corrected chi connectivity index (χ0v) is 11.4. The van der Waals surface area contributed by atoms with Crippen LogP contribution in [0.5, 0.6) is 0 Å². The van der Waals surface area contributed by atoms with Crippen LogP contribution in [0.15, 0.2) is 30.5 Å². The van der Waals surface area contributed by atoms with Crippen LogP contribution in [0.3, 0.4) is 0 Å². The molecule has 0 spiro atoms. The number of halogens is 1. The number of nitrogens with one attached hydrogen (secondary N) is 1. The van der Waals surface area contributed by atoms with Crippen molar-refractivity contribution in [2.24, 2.45) is 0 Å². The van der Waals surface area contributed by atoms with Gasteiger partial charge in [-0.15, -0.1) is 12.4 Å². The number of benzene rings is 1. The van der Waals surface area contributed by atoms with Gasteiger partial charge in [-0.1, -0.05) is 18.2 Å². The van der Waals surface area contributed by atoms with E-state index in [0.29, 0.717) is 0 Å². The van der Waals surface area contributed by atoms with Gasteiger partial charge < -0.3 is 0 Å². The Balaban J connectivity index is 0.00000110. The lowest BCUT2D eigenvalue weighted by atomic mass is 9.89. The smallest absolute Gasteiger partial charge is 0.0778 e. The molecule has 0 saturated heterocycles. The summed E-state index contributed by atoms with van der Waals surface area (Å²) in [7, 11) is 0. The number of aromatic nitrogens is 3. The Labute approximate surface area is 117 Å². The molecule has 2 aromatic heterocycles. The van der Waals surface area contributed by atoms with Crippen LogP contribution in [0.2, 0.25) is 0 Å². The van der Waals surface area contributed by atoms with Gasteiger partial charge in [-0.3, -0.25) is 5.10 Å². The summed E-state index contributed by atoms with van der Waals surface area (Å²) >= 11 is 0. The Hall–Kier alpha value is -1.87. The van der Waals surface area contributed by atoms with E-state index < -0.39 is 0 Å². The van der Waals surface area contributed by atoms with Gasteiger partial charge in [-0.25, -0.2) is 4.98 Å². The highest BCUT2D eigenvalue weighted by Crippen LogP contribution is 2.35. The van der Waals surface area contributed by atoms with Gasteiger partial charge in [0.1, 0.15) is 0 Å². The predicted octanol–water partition coefficient (Wildman–Crippen LogP) is 3.45. The summed E-state index contributed by atoms with van der Waals surface area (Å²) in [5.74, 6) is 0. The molecule has 96 valence electrons. The second kappa shape index (κ2) is 4.35. The first-order valence-electron chi connectivity index (χ1n) is 6.25. The third kappa shape index (κ3) is 1.65. The van der Waals surface area contributed by atoms with E-state index in [1.807, 2.05) is 12.3 Å². The number of aryl methyl sites for hydroxylation is 2. The lowest BCUT2D eigenvalue weighted by molar-refractivity contribution is 0.871. The first-order chi connectivity index (χ1) is 8.84. The molecule has 0 aliphatic heterocycles. The van der Waals surface area contributed by atoms with Crippen LogP contribution < -0.4 is 0 Å². The molecular formula is C15H14ClN3. The standard InChI is InChI=1S/C15H13N3.ClH/c1-9-10-4-2-3-5-13(10)17-15-11(9)6-7-14-12(15)8-16-18-14;/h2-5,8H,6-7H2,1H3,(H,16,18);1H. The molecular weight excluding hydrogens is 258 g/mol. The Morgan fingerprint density at radius 1 is 1.16 bits per heavy atom. The second-order valence-electron chi connectivity index (χ2n) is 4.84. The highest BCUT2D eigenvalue weighted by atomic mass is 35.5. The maximum atomic E-state index is 4.83. The van der Waals surface area contributed by atoms with Crippen molar-refractivity contribution < 1.29 is 0 Å². The fraction of sp³-hybridized carbons (Fsp3) is 0.200. The fourth-order valence-corrected chi connectivity index (χ4v) is 2.90. The van der Waals surface area contributed by atoms with E-state index in [4.69, 9.17) is 4.98 Å². The summed E-state index contributed by atoms with van der Waals surface area (Å²) < 4.78 is 0. The summed E-state index contributed by atoms with van der Waals surface area (Å²) in [6.07, 6.45) is 3.98. The molecule has 0 bridgehead atoms. The maximum Gasteiger partial charge on any atom is 0.0778 e. The summed E-state index contributed by atoms with van der Waals surface area (Å²) in [6.45, 7) is 2.20. The quantitative estimate of drug-likeness (QED) is 0.680. The molecule has 1 aliphatic carbocycles. The average molecular weight is 272 g/mol. The summed E-state index contributed by atoms with van der Waals surface area (Å²) in [5, 5.41) is 8.49. The Morgan fingerprint density at radius 3 is 2.89 bits per heavy atom. The van der Waals surface area contributed by atoms with Crippen LogP contribution in [0.25, 0.3) is 22.2 Å². The number of pyridine rings is 1. The monoisotopic (exact) mass is 271 g/mol. The van der Waals surface area contributed by atoms with Crippen molar-refractivity contribution in [1.82, 2.24) is 15.2 Å². The molecule has 0 saturated carbocycles. The number of aromatic amines is 1. The van der Waals surface area contributed by atoms with Crippen molar-refractivity contribution in [2.75, 3.05) is 0 Å². The lowest BCUT2D eigenvalue weighted by Crippen LogP contribution is -2.07. The zero-order valence-electron chi connectivity index (χ0n) is 10.6. The molecule has 0 fully saturated rings. The predicted molar refractivity (Wildman–Crippen MR) is 78.7 cm³/mol. The summed E-state index contributed by atoms with van der Waals surface area (Å²) in [6, 6.07) is 8.36. The minimum Gasteiger partial charge on any atom is -0.282 e. The van der Waals surface area contributed by atoms with Crippen molar-refractivity contribution in [2.45, 2.75) is 19.8 Å². The summed E-state index contributed by atoms with van der Waals surface area (Å²) in [5.41, 5.74) is 7.31. The third-order valence-electron chi connectivity index (χ3n) is 3.88. The van der Waals surface area contributed by atoms with Gasteiger partial charge in [-0.2, -0.15) is 5.10 Å². The van der Waals surface area contributed by atoms with Crippen molar-refractivity contribution in [3.63, 3.8) is 0 Å².